The van der Waals surface area contributed by atoms with E-state index in [-0.39, 0.29) is 0 Å². The van der Waals surface area contributed by atoms with E-state index in [9.17, 15) is 5.21 Å². The summed E-state index contributed by atoms with van der Waals surface area (Å²) in [5.41, 5.74) is 1.52. The van der Waals surface area contributed by atoms with Gasteiger partial charge in [0.15, 0.2) is 0 Å². The first-order valence-electron chi connectivity index (χ1n) is 3.96. The molecule has 1 heterocycles. The number of nitrogens with zero attached hydrogens (tertiary/aromatic N) is 2. The summed E-state index contributed by atoms with van der Waals surface area (Å²) in [6.45, 7) is 0. The molecule has 0 aliphatic carbocycles. The van der Waals surface area contributed by atoms with Gasteiger partial charge in [0.25, 0.3) is 6.33 Å². The van der Waals surface area contributed by atoms with Crippen LogP contribution in [0.15, 0.2) is 48.9 Å². The Morgan fingerprint density at radius 1 is 1.08 bits per heavy atom. The molecule has 64 valence electrons. The van der Waals surface area contributed by atoms with E-state index in [1.807, 2.05) is 30.3 Å². The predicted molar refractivity (Wildman–Crippen MR) is 48.6 cm³/mol. The molecule has 13 heavy (non-hydrogen) atoms. The van der Waals surface area contributed by atoms with Crippen molar-refractivity contribution in [2.75, 3.05) is 0 Å². The van der Waals surface area contributed by atoms with E-state index < -0.39 is 0 Å². The van der Waals surface area contributed by atoms with Crippen molar-refractivity contribution in [2.45, 2.75) is 0 Å². The minimum atomic E-state index is 0.621. The Balaban J connectivity index is 2.54. The summed E-state index contributed by atoms with van der Waals surface area (Å²) in [5, 5.41) is 11.3. The van der Waals surface area contributed by atoms with E-state index >= 15 is 0 Å². The van der Waals surface area contributed by atoms with Crippen LogP contribution >= 0.6 is 0 Å². The largest absolute Gasteiger partial charge is 0.710 e. The average Bonchev–Trinajstić information content (AvgIpc) is 2.20. The van der Waals surface area contributed by atoms with Crippen LogP contribution in [0.3, 0.4) is 0 Å². The van der Waals surface area contributed by atoms with Crippen LogP contribution in [0.25, 0.3) is 11.3 Å². The fraction of sp³-hybridized carbons (Fsp3) is 0. The molecule has 3 heteroatoms. The summed E-state index contributed by atoms with van der Waals surface area (Å²) in [6, 6.07) is 11.2. The molecule has 2 rings (SSSR count). The molecule has 3 nitrogen and oxygen atoms in total. The van der Waals surface area contributed by atoms with E-state index in [2.05, 4.69) is 4.98 Å². The Hall–Kier alpha value is -1.90. The van der Waals surface area contributed by atoms with Crippen molar-refractivity contribution < 1.29 is 4.73 Å². The van der Waals surface area contributed by atoms with Crippen LogP contribution in [0.2, 0.25) is 0 Å². The van der Waals surface area contributed by atoms with Crippen molar-refractivity contribution in [1.82, 2.24) is 4.98 Å². The number of hydrogen-bond donors (Lipinski definition) is 0. The highest BCUT2D eigenvalue weighted by molar-refractivity contribution is 5.55. The molecular weight excluding hydrogens is 164 g/mol. The van der Waals surface area contributed by atoms with Crippen LogP contribution < -0.4 is 4.73 Å². The van der Waals surface area contributed by atoms with Crippen molar-refractivity contribution in [2.24, 2.45) is 0 Å². The fourth-order valence-corrected chi connectivity index (χ4v) is 1.18. The minimum Gasteiger partial charge on any atom is -0.710 e. The van der Waals surface area contributed by atoms with Crippen LogP contribution in [0.4, 0.5) is 0 Å². The lowest BCUT2D eigenvalue weighted by molar-refractivity contribution is -0.597. The summed E-state index contributed by atoms with van der Waals surface area (Å²) in [5.74, 6) is 0. The number of aromatic nitrogens is 2. The van der Waals surface area contributed by atoms with Crippen molar-refractivity contribution >= 4 is 0 Å². The maximum Gasteiger partial charge on any atom is 0.289 e. The number of rotatable bonds is 1. The molecule has 0 aliphatic heterocycles. The molecule has 0 spiro atoms. The summed E-state index contributed by atoms with van der Waals surface area (Å²) < 4.78 is 0.759. The molecule has 0 unspecified atom stereocenters. The topological polar surface area (TPSA) is 39.8 Å². The summed E-state index contributed by atoms with van der Waals surface area (Å²) in [4.78, 5) is 3.72. The standard InChI is InChI=1S/C10H8N2O/c13-12-8-11-7-6-10(12)9-4-2-1-3-5-9/h1-8H. The molecule has 1 aromatic carbocycles. The maximum absolute atomic E-state index is 11.3. The van der Waals surface area contributed by atoms with Gasteiger partial charge in [-0.1, -0.05) is 35.3 Å². The summed E-state index contributed by atoms with van der Waals surface area (Å²) in [7, 11) is 0. The highest BCUT2D eigenvalue weighted by atomic mass is 16.5. The quantitative estimate of drug-likeness (QED) is 0.481. The molecule has 0 bridgehead atoms. The van der Waals surface area contributed by atoms with Crippen LogP contribution in [0.1, 0.15) is 0 Å². The van der Waals surface area contributed by atoms with Gasteiger partial charge >= 0.3 is 0 Å². The monoisotopic (exact) mass is 172 g/mol. The second-order valence-corrected chi connectivity index (χ2v) is 2.66. The van der Waals surface area contributed by atoms with Gasteiger partial charge in [-0.05, 0) is 0 Å². The lowest BCUT2D eigenvalue weighted by Crippen LogP contribution is -2.28. The van der Waals surface area contributed by atoms with Crippen molar-refractivity contribution in [3.63, 3.8) is 0 Å². The Morgan fingerprint density at radius 3 is 2.54 bits per heavy atom. The number of benzene rings is 1. The Morgan fingerprint density at radius 2 is 1.85 bits per heavy atom. The lowest BCUT2D eigenvalue weighted by atomic mass is 10.1. The van der Waals surface area contributed by atoms with Gasteiger partial charge in [-0.2, -0.15) is 0 Å². The van der Waals surface area contributed by atoms with Gasteiger partial charge in [0.1, 0.15) is 11.9 Å². The molecular formula is C10H8N2O. The highest BCUT2D eigenvalue weighted by Crippen LogP contribution is 2.12. The third-order valence-electron chi connectivity index (χ3n) is 1.80. The molecule has 0 radical (unpaired) electrons. The van der Waals surface area contributed by atoms with Crippen LogP contribution in [-0.4, -0.2) is 4.98 Å². The molecule has 0 atom stereocenters. The molecule has 2 aromatic rings. The van der Waals surface area contributed by atoms with Gasteiger partial charge in [-0.3, -0.25) is 0 Å². The van der Waals surface area contributed by atoms with Crippen LogP contribution in [-0.2, 0) is 0 Å². The van der Waals surface area contributed by atoms with E-state index in [4.69, 9.17) is 0 Å². The Bertz CT molecular complexity index is 401. The second-order valence-electron chi connectivity index (χ2n) is 2.66. The average molecular weight is 172 g/mol. The van der Waals surface area contributed by atoms with Crippen LogP contribution in [0.5, 0.6) is 0 Å². The minimum absolute atomic E-state index is 0.621. The molecule has 1 aromatic heterocycles. The van der Waals surface area contributed by atoms with Gasteiger partial charge in [-0.25, -0.2) is 4.73 Å². The van der Waals surface area contributed by atoms with Gasteiger partial charge in [0.2, 0.25) is 0 Å². The molecule has 0 aliphatic rings. The van der Waals surface area contributed by atoms with Crippen molar-refractivity contribution in [3.05, 3.63) is 54.1 Å². The first-order chi connectivity index (χ1) is 6.38. The summed E-state index contributed by atoms with van der Waals surface area (Å²) in [6.07, 6.45) is 2.86. The Kier molecular flexibility index (Phi) is 1.92. The zero-order valence-electron chi connectivity index (χ0n) is 6.92. The summed E-state index contributed by atoms with van der Waals surface area (Å²) >= 11 is 0. The molecule has 0 fully saturated rings. The second kappa shape index (κ2) is 3.23. The molecule has 0 saturated carbocycles. The van der Waals surface area contributed by atoms with E-state index in [0.29, 0.717) is 5.69 Å². The van der Waals surface area contributed by atoms with Crippen molar-refractivity contribution in [1.29, 1.82) is 0 Å². The third-order valence-corrected chi connectivity index (χ3v) is 1.80. The smallest absolute Gasteiger partial charge is 0.289 e. The molecule has 0 N–H and O–H groups in total. The Labute approximate surface area is 75.9 Å². The van der Waals surface area contributed by atoms with Crippen LogP contribution in [0, 0.1) is 5.21 Å². The van der Waals surface area contributed by atoms with Crippen molar-refractivity contribution in [3.8, 4) is 11.3 Å². The molecule has 0 amide bonds. The van der Waals surface area contributed by atoms with Gasteiger partial charge in [0, 0.05) is 11.6 Å². The lowest BCUT2D eigenvalue weighted by Gasteiger charge is -2.06. The molecule has 0 saturated heterocycles. The van der Waals surface area contributed by atoms with Gasteiger partial charge < -0.3 is 5.21 Å². The van der Waals surface area contributed by atoms with Gasteiger partial charge in [-0.15, -0.1) is 0 Å². The highest BCUT2D eigenvalue weighted by Gasteiger charge is 2.01. The predicted octanol–water partition coefficient (Wildman–Crippen LogP) is 1.38. The zero-order chi connectivity index (χ0) is 9.10. The fourth-order valence-electron chi connectivity index (χ4n) is 1.18. The van der Waals surface area contributed by atoms with E-state index in [0.717, 1.165) is 10.3 Å². The first-order valence-corrected chi connectivity index (χ1v) is 3.96. The SMILES string of the molecule is [O-][n+]1cnccc1-c1ccccc1. The van der Waals surface area contributed by atoms with Gasteiger partial charge in [0.05, 0.1) is 0 Å². The normalized spacial score (nSPS) is 9.85. The maximum atomic E-state index is 11.3. The van der Waals surface area contributed by atoms with E-state index in [1.54, 1.807) is 12.3 Å². The van der Waals surface area contributed by atoms with E-state index in [1.165, 1.54) is 6.33 Å². The third kappa shape index (κ3) is 1.49. The first kappa shape index (κ1) is 7.73. The number of hydrogen-bond acceptors (Lipinski definition) is 2. The zero-order valence-corrected chi connectivity index (χ0v) is 6.92.